The van der Waals surface area contributed by atoms with Crippen LogP contribution >= 0.6 is 0 Å². The lowest BCUT2D eigenvalue weighted by molar-refractivity contribution is 0.600. The Morgan fingerprint density at radius 2 is 1.38 bits per heavy atom. The Kier molecular flexibility index (Phi) is 5.14. The van der Waals surface area contributed by atoms with Gasteiger partial charge in [0.1, 0.15) is 0 Å². The minimum atomic E-state index is -3.66. The third-order valence-electron chi connectivity index (χ3n) is 4.37. The van der Waals surface area contributed by atoms with Gasteiger partial charge in [0.25, 0.3) is 10.0 Å². The zero-order valence-corrected chi connectivity index (χ0v) is 16.1. The SMILES string of the molecule is Cc1cc(C)c(S(=O)(=O)Nc2ccccc2Cc2ccccc2)c(C)c1. The van der Waals surface area contributed by atoms with E-state index in [9.17, 15) is 8.42 Å². The summed E-state index contributed by atoms with van der Waals surface area (Å²) in [7, 11) is -3.66. The molecular formula is C22H23NO2S. The van der Waals surface area contributed by atoms with Crippen molar-refractivity contribution in [2.45, 2.75) is 32.1 Å². The fraction of sp³-hybridized carbons (Fsp3) is 0.182. The van der Waals surface area contributed by atoms with Gasteiger partial charge in [-0.05, 0) is 55.5 Å². The van der Waals surface area contributed by atoms with Crippen molar-refractivity contribution in [1.82, 2.24) is 0 Å². The molecule has 0 aliphatic heterocycles. The monoisotopic (exact) mass is 365 g/mol. The van der Waals surface area contributed by atoms with Crippen LogP contribution < -0.4 is 4.72 Å². The van der Waals surface area contributed by atoms with Crippen molar-refractivity contribution in [3.8, 4) is 0 Å². The van der Waals surface area contributed by atoms with E-state index >= 15 is 0 Å². The van der Waals surface area contributed by atoms with Gasteiger partial charge in [0.05, 0.1) is 10.6 Å². The van der Waals surface area contributed by atoms with E-state index < -0.39 is 10.0 Å². The molecule has 0 spiro atoms. The fourth-order valence-electron chi connectivity index (χ4n) is 3.38. The Morgan fingerprint density at radius 3 is 2.04 bits per heavy atom. The van der Waals surface area contributed by atoms with Gasteiger partial charge in [-0.15, -0.1) is 0 Å². The highest BCUT2D eigenvalue weighted by molar-refractivity contribution is 7.92. The van der Waals surface area contributed by atoms with E-state index in [1.165, 1.54) is 0 Å². The average Bonchev–Trinajstić information content (AvgIpc) is 2.56. The fourth-order valence-corrected chi connectivity index (χ4v) is 4.93. The summed E-state index contributed by atoms with van der Waals surface area (Å²) in [5.74, 6) is 0. The minimum absolute atomic E-state index is 0.359. The van der Waals surface area contributed by atoms with Crippen LogP contribution in [0.2, 0.25) is 0 Å². The van der Waals surface area contributed by atoms with Crippen molar-refractivity contribution in [3.05, 3.63) is 94.5 Å². The molecule has 0 atom stereocenters. The second-order valence-electron chi connectivity index (χ2n) is 6.65. The third-order valence-corrected chi connectivity index (χ3v) is 6.04. The van der Waals surface area contributed by atoms with E-state index in [1.807, 2.05) is 87.5 Å². The molecule has 0 saturated heterocycles. The van der Waals surface area contributed by atoms with Gasteiger partial charge in [-0.1, -0.05) is 66.2 Å². The minimum Gasteiger partial charge on any atom is -0.279 e. The molecule has 0 aliphatic carbocycles. The van der Waals surface area contributed by atoms with Gasteiger partial charge in [-0.25, -0.2) is 8.42 Å². The Balaban J connectivity index is 1.97. The Morgan fingerprint density at radius 1 is 0.808 bits per heavy atom. The average molecular weight is 365 g/mol. The molecule has 0 amide bonds. The van der Waals surface area contributed by atoms with Gasteiger partial charge < -0.3 is 0 Å². The molecule has 0 heterocycles. The van der Waals surface area contributed by atoms with Gasteiger partial charge in [-0.3, -0.25) is 4.72 Å². The van der Waals surface area contributed by atoms with Crippen LogP contribution in [0.1, 0.15) is 27.8 Å². The quantitative estimate of drug-likeness (QED) is 0.691. The molecule has 1 N–H and O–H groups in total. The number of rotatable bonds is 5. The Labute approximate surface area is 155 Å². The van der Waals surface area contributed by atoms with E-state index in [2.05, 4.69) is 4.72 Å². The van der Waals surface area contributed by atoms with Crippen molar-refractivity contribution in [2.24, 2.45) is 0 Å². The zero-order valence-electron chi connectivity index (χ0n) is 15.3. The van der Waals surface area contributed by atoms with Crippen LogP contribution in [0.5, 0.6) is 0 Å². The summed E-state index contributed by atoms with van der Waals surface area (Å²) < 4.78 is 28.9. The third kappa shape index (κ3) is 3.97. The van der Waals surface area contributed by atoms with Crippen molar-refractivity contribution >= 4 is 15.7 Å². The highest BCUT2D eigenvalue weighted by Crippen LogP contribution is 2.26. The first-order chi connectivity index (χ1) is 12.4. The Bertz CT molecular complexity index is 1000. The molecule has 3 aromatic carbocycles. The predicted octanol–water partition coefficient (Wildman–Crippen LogP) is 5.00. The van der Waals surface area contributed by atoms with E-state index in [0.29, 0.717) is 17.0 Å². The largest absolute Gasteiger partial charge is 0.279 e. The van der Waals surface area contributed by atoms with Crippen LogP contribution in [-0.2, 0) is 16.4 Å². The second kappa shape index (κ2) is 7.34. The summed E-state index contributed by atoms with van der Waals surface area (Å²) in [4.78, 5) is 0.359. The molecule has 134 valence electrons. The van der Waals surface area contributed by atoms with Crippen LogP contribution in [-0.4, -0.2) is 8.42 Å². The summed E-state index contributed by atoms with van der Waals surface area (Å²) >= 11 is 0. The van der Waals surface area contributed by atoms with Crippen molar-refractivity contribution in [2.75, 3.05) is 4.72 Å². The lowest BCUT2D eigenvalue weighted by atomic mass is 10.0. The maximum absolute atomic E-state index is 13.0. The number of sulfonamides is 1. The number of nitrogens with one attached hydrogen (secondary N) is 1. The van der Waals surface area contributed by atoms with Crippen molar-refractivity contribution < 1.29 is 8.42 Å². The number of para-hydroxylation sites is 1. The van der Waals surface area contributed by atoms with Crippen LogP contribution in [0, 0.1) is 20.8 Å². The number of hydrogen-bond donors (Lipinski definition) is 1. The van der Waals surface area contributed by atoms with Crippen LogP contribution in [0.3, 0.4) is 0 Å². The van der Waals surface area contributed by atoms with Crippen LogP contribution in [0.4, 0.5) is 5.69 Å². The predicted molar refractivity (Wildman–Crippen MR) is 107 cm³/mol. The highest BCUT2D eigenvalue weighted by Gasteiger charge is 2.21. The Hall–Kier alpha value is -2.59. The van der Waals surface area contributed by atoms with Gasteiger partial charge in [0, 0.05) is 0 Å². The second-order valence-corrected chi connectivity index (χ2v) is 8.27. The normalized spacial score (nSPS) is 11.3. The maximum Gasteiger partial charge on any atom is 0.262 e. The standard InChI is InChI=1S/C22H23NO2S/c1-16-13-17(2)22(18(3)14-16)26(24,25)23-21-12-8-7-11-20(21)15-19-9-5-4-6-10-19/h4-14,23H,15H2,1-3H3. The first kappa shape index (κ1) is 18.2. The van der Waals surface area contributed by atoms with E-state index in [-0.39, 0.29) is 0 Å². The lowest BCUT2D eigenvalue weighted by Gasteiger charge is -2.16. The molecule has 0 aliphatic rings. The zero-order chi connectivity index (χ0) is 18.7. The van der Waals surface area contributed by atoms with Crippen molar-refractivity contribution in [3.63, 3.8) is 0 Å². The lowest BCUT2D eigenvalue weighted by Crippen LogP contribution is -2.17. The van der Waals surface area contributed by atoms with Crippen molar-refractivity contribution in [1.29, 1.82) is 0 Å². The molecule has 3 rings (SSSR count). The maximum atomic E-state index is 13.0. The van der Waals surface area contributed by atoms with Gasteiger partial charge >= 0.3 is 0 Å². The van der Waals surface area contributed by atoms with Crippen LogP contribution in [0.15, 0.2) is 71.6 Å². The van der Waals surface area contributed by atoms with Crippen LogP contribution in [0.25, 0.3) is 0 Å². The number of aryl methyl sites for hydroxylation is 3. The van der Waals surface area contributed by atoms with Gasteiger partial charge in [0.15, 0.2) is 0 Å². The summed E-state index contributed by atoms with van der Waals surface area (Å²) in [5.41, 5.74) is 5.29. The topological polar surface area (TPSA) is 46.2 Å². The van der Waals surface area contributed by atoms with Gasteiger partial charge in [-0.2, -0.15) is 0 Å². The molecule has 3 nitrogen and oxygen atoms in total. The van der Waals surface area contributed by atoms with E-state index in [1.54, 1.807) is 0 Å². The molecule has 4 heteroatoms. The number of hydrogen-bond acceptors (Lipinski definition) is 2. The van der Waals surface area contributed by atoms with E-state index in [4.69, 9.17) is 0 Å². The summed E-state index contributed by atoms with van der Waals surface area (Å²) in [5, 5.41) is 0. The first-order valence-corrected chi connectivity index (χ1v) is 10.1. The molecule has 0 unspecified atom stereocenters. The summed E-state index contributed by atoms with van der Waals surface area (Å²) in [6.45, 7) is 5.65. The molecular weight excluding hydrogens is 342 g/mol. The molecule has 0 radical (unpaired) electrons. The highest BCUT2D eigenvalue weighted by atomic mass is 32.2. The smallest absolute Gasteiger partial charge is 0.262 e. The first-order valence-electron chi connectivity index (χ1n) is 8.59. The number of anilines is 1. The number of benzene rings is 3. The molecule has 0 fully saturated rings. The molecule has 26 heavy (non-hydrogen) atoms. The molecule has 0 bridgehead atoms. The molecule has 0 aromatic heterocycles. The molecule has 0 saturated carbocycles. The summed E-state index contributed by atoms with van der Waals surface area (Å²) in [6, 6.07) is 21.4. The molecule has 3 aromatic rings. The summed E-state index contributed by atoms with van der Waals surface area (Å²) in [6.07, 6.45) is 0.672. The van der Waals surface area contributed by atoms with Gasteiger partial charge in [0.2, 0.25) is 0 Å². The van der Waals surface area contributed by atoms with E-state index in [0.717, 1.165) is 27.8 Å².